The van der Waals surface area contributed by atoms with Crippen molar-refractivity contribution in [2.75, 3.05) is 5.32 Å². The van der Waals surface area contributed by atoms with Crippen molar-refractivity contribution in [3.8, 4) is 0 Å². The Hall–Kier alpha value is -1.53. The van der Waals surface area contributed by atoms with E-state index >= 15 is 0 Å². The summed E-state index contributed by atoms with van der Waals surface area (Å²) in [5.74, 6) is -0.889. The van der Waals surface area contributed by atoms with Gasteiger partial charge in [-0.05, 0) is 18.2 Å². The molecule has 1 aromatic carbocycles. The smallest absolute Gasteiger partial charge is 0.183 e. The van der Waals surface area contributed by atoms with Crippen molar-refractivity contribution in [3.63, 3.8) is 0 Å². The lowest BCUT2D eigenvalue weighted by Gasteiger charge is -2.04. The van der Waals surface area contributed by atoms with Crippen LogP contribution in [0.25, 0.3) is 0 Å². The largest absolute Gasteiger partial charge is 0.357 e. The summed E-state index contributed by atoms with van der Waals surface area (Å²) in [5.41, 5.74) is 5.72. The van der Waals surface area contributed by atoms with Gasteiger partial charge in [-0.15, -0.1) is 11.3 Å². The predicted octanol–water partition coefficient (Wildman–Crippen LogP) is 2.49. The van der Waals surface area contributed by atoms with Crippen molar-refractivity contribution in [1.82, 2.24) is 4.98 Å². The fraction of sp³-hybridized carbons (Fsp3) is 0.182. The zero-order valence-corrected chi connectivity index (χ0v) is 9.73. The molecule has 0 spiro atoms. The Morgan fingerprint density at radius 2 is 2.18 bits per heavy atom. The SMILES string of the molecule is NCc1cnc(NCc2cc(F)ccc2F)s1. The molecule has 3 nitrogen and oxygen atoms in total. The number of nitrogens with one attached hydrogen (secondary N) is 1. The second-order valence-corrected chi connectivity index (χ2v) is 4.54. The number of aromatic nitrogens is 1. The third-order valence-corrected chi connectivity index (χ3v) is 3.17. The molecule has 0 aliphatic carbocycles. The highest BCUT2D eigenvalue weighted by atomic mass is 32.1. The van der Waals surface area contributed by atoms with Gasteiger partial charge in [-0.1, -0.05) is 0 Å². The number of hydrogen-bond donors (Lipinski definition) is 2. The van der Waals surface area contributed by atoms with Crippen LogP contribution in [-0.4, -0.2) is 4.98 Å². The molecule has 0 unspecified atom stereocenters. The van der Waals surface area contributed by atoms with Crippen molar-refractivity contribution >= 4 is 16.5 Å². The monoisotopic (exact) mass is 255 g/mol. The Kier molecular flexibility index (Phi) is 3.65. The Bertz CT molecular complexity index is 513. The van der Waals surface area contributed by atoms with E-state index in [1.54, 1.807) is 6.20 Å². The Labute approximate surface area is 101 Å². The molecule has 0 fully saturated rings. The molecule has 1 aromatic heterocycles. The van der Waals surface area contributed by atoms with Gasteiger partial charge >= 0.3 is 0 Å². The number of halogens is 2. The molecule has 0 aliphatic rings. The van der Waals surface area contributed by atoms with Crippen molar-refractivity contribution in [1.29, 1.82) is 0 Å². The Morgan fingerprint density at radius 3 is 2.88 bits per heavy atom. The molecular formula is C11H11F2N3S. The lowest BCUT2D eigenvalue weighted by atomic mass is 10.2. The summed E-state index contributed by atoms with van der Waals surface area (Å²) in [4.78, 5) is 5.00. The van der Waals surface area contributed by atoms with Crippen molar-refractivity contribution in [3.05, 3.63) is 46.5 Å². The highest BCUT2D eigenvalue weighted by Crippen LogP contribution is 2.19. The normalized spacial score (nSPS) is 10.5. The Balaban J connectivity index is 2.04. The van der Waals surface area contributed by atoms with Gasteiger partial charge in [-0.2, -0.15) is 0 Å². The van der Waals surface area contributed by atoms with E-state index in [0.717, 1.165) is 17.0 Å². The molecule has 2 aromatic rings. The van der Waals surface area contributed by atoms with E-state index in [-0.39, 0.29) is 12.1 Å². The zero-order chi connectivity index (χ0) is 12.3. The maximum absolute atomic E-state index is 13.3. The van der Waals surface area contributed by atoms with Gasteiger partial charge in [0, 0.05) is 29.7 Å². The topological polar surface area (TPSA) is 50.9 Å². The minimum Gasteiger partial charge on any atom is -0.357 e. The van der Waals surface area contributed by atoms with Gasteiger partial charge in [0.25, 0.3) is 0 Å². The van der Waals surface area contributed by atoms with E-state index in [0.29, 0.717) is 11.7 Å². The summed E-state index contributed by atoms with van der Waals surface area (Å²) in [5, 5.41) is 3.58. The molecule has 90 valence electrons. The van der Waals surface area contributed by atoms with Gasteiger partial charge in [0.2, 0.25) is 0 Å². The molecule has 2 rings (SSSR count). The number of benzene rings is 1. The van der Waals surface area contributed by atoms with Gasteiger partial charge in [0.1, 0.15) is 11.6 Å². The van der Waals surface area contributed by atoms with Crippen molar-refractivity contribution in [2.45, 2.75) is 13.1 Å². The molecule has 17 heavy (non-hydrogen) atoms. The van der Waals surface area contributed by atoms with Gasteiger partial charge < -0.3 is 11.1 Å². The molecule has 0 aliphatic heterocycles. The van der Waals surface area contributed by atoms with Crippen LogP contribution in [0.4, 0.5) is 13.9 Å². The van der Waals surface area contributed by atoms with Crippen LogP contribution < -0.4 is 11.1 Å². The molecule has 0 bridgehead atoms. The first-order valence-corrected chi connectivity index (χ1v) is 5.83. The summed E-state index contributed by atoms with van der Waals surface area (Å²) in [6.45, 7) is 0.620. The summed E-state index contributed by atoms with van der Waals surface area (Å²) < 4.78 is 26.2. The maximum atomic E-state index is 13.3. The van der Waals surface area contributed by atoms with Crippen LogP contribution in [0.2, 0.25) is 0 Å². The van der Waals surface area contributed by atoms with E-state index in [9.17, 15) is 8.78 Å². The number of nitrogens with zero attached hydrogens (tertiary/aromatic N) is 1. The molecule has 0 amide bonds. The number of thiazole rings is 1. The van der Waals surface area contributed by atoms with Crippen LogP contribution >= 0.6 is 11.3 Å². The molecule has 0 saturated heterocycles. The average Bonchev–Trinajstić information content (AvgIpc) is 2.78. The van der Waals surface area contributed by atoms with E-state index in [2.05, 4.69) is 10.3 Å². The standard InChI is InChI=1S/C11H11F2N3S/c12-8-1-2-10(13)7(3-8)5-15-11-16-6-9(4-14)17-11/h1-3,6H,4-5,14H2,(H,15,16). The first-order valence-electron chi connectivity index (χ1n) is 5.01. The zero-order valence-electron chi connectivity index (χ0n) is 8.91. The van der Waals surface area contributed by atoms with Crippen molar-refractivity contribution < 1.29 is 8.78 Å². The molecule has 6 heteroatoms. The molecular weight excluding hydrogens is 244 g/mol. The van der Waals surface area contributed by atoms with Gasteiger partial charge in [-0.3, -0.25) is 0 Å². The van der Waals surface area contributed by atoms with Gasteiger partial charge in [-0.25, -0.2) is 13.8 Å². The van der Waals surface area contributed by atoms with Gasteiger partial charge in [0.05, 0.1) is 0 Å². The van der Waals surface area contributed by atoms with E-state index in [1.807, 2.05) is 0 Å². The molecule has 0 saturated carbocycles. The maximum Gasteiger partial charge on any atom is 0.183 e. The Morgan fingerprint density at radius 1 is 1.35 bits per heavy atom. The van der Waals surface area contributed by atoms with Crippen LogP contribution in [0.5, 0.6) is 0 Å². The highest BCUT2D eigenvalue weighted by molar-refractivity contribution is 7.15. The number of anilines is 1. The van der Waals surface area contributed by atoms with Crippen LogP contribution in [0, 0.1) is 11.6 Å². The molecule has 3 N–H and O–H groups in total. The van der Waals surface area contributed by atoms with E-state index < -0.39 is 11.6 Å². The van der Waals surface area contributed by atoms with Crippen molar-refractivity contribution in [2.24, 2.45) is 5.73 Å². The quantitative estimate of drug-likeness (QED) is 0.882. The predicted molar refractivity (Wildman–Crippen MR) is 63.7 cm³/mol. The first kappa shape index (κ1) is 11.9. The molecule has 0 atom stereocenters. The first-order chi connectivity index (χ1) is 8.19. The molecule has 1 heterocycles. The third-order valence-electron chi connectivity index (χ3n) is 2.19. The summed E-state index contributed by atoms with van der Waals surface area (Å²) >= 11 is 1.40. The van der Waals surface area contributed by atoms with E-state index in [4.69, 9.17) is 5.73 Å². The minimum atomic E-state index is -0.454. The van der Waals surface area contributed by atoms with Crippen LogP contribution in [0.15, 0.2) is 24.4 Å². The van der Waals surface area contributed by atoms with Crippen LogP contribution in [0.3, 0.4) is 0 Å². The second kappa shape index (κ2) is 5.20. The second-order valence-electron chi connectivity index (χ2n) is 3.43. The summed E-state index contributed by atoms with van der Waals surface area (Å²) in [6, 6.07) is 3.37. The molecule has 0 radical (unpaired) electrons. The average molecular weight is 255 g/mol. The lowest BCUT2D eigenvalue weighted by Crippen LogP contribution is -2.01. The van der Waals surface area contributed by atoms with E-state index in [1.165, 1.54) is 17.4 Å². The number of nitrogens with two attached hydrogens (primary N) is 1. The minimum absolute atomic E-state index is 0.196. The fourth-order valence-corrected chi connectivity index (χ4v) is 2.02. The van der Waals surface area contributed by atoms with Crippen LogP contribution in [0.1, 0.15) is 10.4 Å². The third kappa shape index (κ3) is 2.98. The number of hydrogen-bond acceptors (Lipinski definition) is 4. The summed E-state index contributed by atoms with van der Waals surface area (Å²) in [7, 11) is 0. The highest BCUT2D eigenvalue weighted by Gasteiger charge is 2.05. The fourth-order valence-electron chi connectivity index (χ4n) is 1.33. The number of rotatable bonds is 4. The lowest BCUT2D eigenvalue weighted by molar-refractivity contribution is 0.587. The summed E-state index contributed by atoms with van der Waals surface area (Å²) in [6.07, 6.45) is 1.66. The van der Waals surface area contributed by atoms with Gasteiger partial charge in [0.15, 0.2) is 5.13 Å². The van der Waals surface area contributed by atoms with Crippen LogP contribution in [-0.2, 0) is 13.1 Å².